The van der Waals surface area contributed by atoms with Crippen molar-refractivity contribution in [2.24, 2.45) is 0 Å². The minimum absolute atomic E-state index is 0.203. The van der Waals surface area contributed by atoms with Gasteiger partial charge in [-0.25, -0.2) is 0 Å². The molecule has 0 spiro atoms. The van der Waals surface area contributed by atoms with Crippen molar-refractivity contribution < 1.29 is 9.84 Å². The first kappa shape index (κ1) is 8.74. The third-order valence-electron chi connectivity index (χ3n) is 1.58. The Morgan fingerprint density at radius 2 is 2.33 bits per heavy atom. The Labute approximate surface area is 71.1 Å². The molecule has 12 heavy (non-hydrogen) atoms. The second-order valence-corrected chi connectivity index (χ2v) is 2.37. The molecule has 0 unspecified atom stereocenters. The highest BCUT2D eigenvalue weighted by atomic mass is 16.5. The van der Waals surface area contributed by atoms with Crippen LogP contribution in [0.4, 0.5) is 0 Å². The second-order valence-electron chi connectivity index (χ2n) is 2.37. The topological polar surface area (TPSA) is 53.3 Å². The van der Waals surface area contributed by atoms with Crippen molar-refractivity contribution in [3.05, 3.63) is 29.8 Å². The lowest BCUT2D eigenvalue weighted by Gasteiger charge is -2.02. The molecule has 0 aromatic heterocycles. The van der Waals surface area contributed by atoms with E-state index in [1.54, 1.807) is 31.4 Å². The van der Waals surface area contributed by atoms with E-state index in [-0.39, 0.29) is 12.3 Å². The molecule has 64 valence electrons. The van der Waals surface area contributed by atoms with Crippen LogP contribution < -0.4 is 4.74 Å². The molecule has 0 aliphatic heterocycles. The Bertz CT molecular complexity index is 284. The van der Waals surface area contributed by atoms with Crippen LogP contribution in [0.1, 0.15) is 5.56 Å². The first-order valence-corrected chi connectivity index (χ1v) is 3.60. The summed E-state index contributed by atoms with van der Waals surface area (Å²) in [6.07, 6.45) is 0. The SMILES string of the molecule is COc1cccc(C(=N)CO)c1. The zero-order valence-electron chi connectivity index (χ0n) is 6.87. The number of benzene rings is 1. The van der Waals surface area contributed by atoms with Gasteiger partial charge in [-0.15, -0.1) is 0 Å². The Balaban J connectivity index is 2.93. The fourth-order valence-electron chi connectivity index (χ4n) is 0.902. The van der Waals surface area contributed by atoms with E-state index in [1.165, 1.54) is 0 Å². The highest BCUT2D eigenvalue weighted by Gasteiger charge is 1.99. The molecule has 3 nitrogen and oxygen atoms in total. The number of methoxy groups -OCH3 is 1. The lowest BCUT2D eigenvalue weighted by molar-refractivity contribution is 0.357. The predicted molar refractivity (Wildman–Crippen MR) is 46.9 cm³/mol. The summed E-state index contributed by atoms with van der Waals surface area (Å²) in [7, 11) is 1.57. The van der Waals surface area contributed by atoms with Crippen molar-refractivity contribution in [3.8, 4) is 5.75 Å². The van der Waals surface area contributed by atoms with Gasteiger partial charge in [0.15, 0.2) is 0 Å². The number of aliphatic hydroxyl groups is 1. The Morgan fingerprint density at radius 1 is 1.58 bits per heavy atom. The van der Waals surface area contributed by atoms with Crippen LogP contribution in [0.5, 0.6) is 5.75 Å². The molecule has 0 heterocycles. The molecule has 1 rings (SSSR count). The van der Waals surface area contributed by atoms with Crippen LogP contribution in [0, 0.1) is 5.41 Å². The third kappa shape index (κ3) is 1.83. The van der Waals surface area contributed by atoms with Gasteiger partial charge in [0.2, 0.25) is 0 Å². The highest BCUT2D eigenvalue weighted by molar-refractivity contribution is 5.99. The van der Waals surface area contributed by atoms with Crippen LogP contribution in [0.3, 0.4) is 0 Å². The summed E-state index contributed by atoms with van der Waals surface area (Å²) in [6, 6.07) is 7.08. The number of hydrogen-bond acceptors (Lipinski definition) is 3. The molecule has 3 heteroatoms. The zero-order valence-corrected chi connectivity index (χ0v) is 6.87. The molecule has 0 bridgehead atoms. The van der Waals surface area contributed by atoms with Crippen molar-refractivity contribution in [2.75, 3.05) is 13.7 Å². The number of hydrogen-bond donors (Lipinski definition) is 2. The van der Waals surface area contributed by atoms with Gasteiger partial charge in [0.05, 0.1) is 19.4 Å². The molecule has 2 N–H and O–H groups in total. The molecule has 0 aliphatic carbocycles. The first-order chi connectivity index (χ1) is 5.77. The average molecular weight is 165 g/mol. The van der Waals surface area contributed by atoms with Crippen LogP contribution in [0.25, 0.3) is 0 Å². The van der Waals surface area contributed by atoms with Crippen molar-refractivity contribution in [1.29, 1.82) is 5.41 Å². The fourth-order valence-corrected chi connectivity index (χ4v) is 0.902. The van der Waals surface area contributed by atoms with Crippen molar-refractivity contribution >= 4 is 5.71 Å². The van der Waals surface area contributed by atoms with Gasteiger partial charge in [-0.05, 0) is 12.1 Å². The van der Waals surface area contributed by atoms with E-state index in [1.807, 2.05) is 0 Å². The summed E-state index contributed by atoms with van der Waals surface area (Å²) in [4.78, 5) is 0. The summed E-state index contributed by atoms with van der Waals surface area (Å²) < 4.78 is 4.97. The highest BCUT2D eigenvalue weighted by Crippen LogP contribution is 2.12. The Hall–Kier alpha value is -1.35. The zero-order chi connectivity index (χ0) is 8.97. The van der Waals surface area contributed by atoms with Crippen LogP contribution in [-0.2, 0) is 0 Å². The van der Waals surface area contributed by atoms with Crippen LogP contribution in [0.2, 0.25) is 0 Å². The monoisotopic (exact) mass is 165 g/mol. The van der Waals surface area contributed by atoms with Crippen LogP contribution in [0.15, 0.2) is 24.3 Å². The van der Waals surface area contributed by atoms with Crippen molar-refractivity contribution in [1.82, 2.24) is 0 Å². The number of aliphatic hydroxyl groups excluding tert-OH is 1. The van der Waals surface area contributed by atoms with Crippen molar-refractivity contribution in [2.45, 2.75) is 0 Å². The van der Waals surface area contributed by atoms with Gasteiger partial charge in [-0.1, -0.05) is 12.1 Å². The van der Waals surface area contributed by atoms with Gasteiger partial charge in [0.1, 0.15) is 5.75 Å². The molecular formula is C9H11NO2. The molecule has 0 saturated carbocycles. The number of ether oxygens (including phenoxy) is 1. The van der Waals surface area contributed by atoms with E-state index in [0.29, 0.717) is 11.3 Å². The summed E-state index contributed by atoms with van der Waals surface area (Å²) >= 11 is 0. The summed E-state index contributed by atoms with van der Waals surface area (Å²) in [5.41, 5.74) is 0.894. The summed E-state index contributed by atoms with van der Waals surface area (Å²) in [6.45, 7) is -0.243. The Morgan fingerprint density at radius 3 is 2.92 bits per heavy atom. The molecule has 0 fully saturated rings. The molecule has 0 aliphatic rings. The number of nitrogens with one attached hydrogen (secondary N) is 1. The van der Waals surface area contributed by atoms with Gasteiger partial charge in [0, 0.05) is 5.56 Å². The minimum Gasteiger partial charge on any atom is -0.497 e. The summed E-state index contributed by atoms with van der Waals surface area (Å²) in [5, 5.41) is 16.0. The molecule has 0 amide bonds. The van der Waals surface area contributed by atoms with E-state index >= 15 is 0 Å². The second kappa shape index (κ2) is 3.88. The van der Waals surface area contributed by atoms with Crippen LogP contribution in [-0.4, -0.2) is 24.5 Å². The lowest BCUT2D eigenvalue weighted by Crippen LogP contribution is -2.04. The van der Waals surface area contributed by atoms with Gasteiger partial charge in [-0.2, -0.15) is 0 Å². The fraction of sp³-hybridized carbons (Fsp3) is 0.222. The quantitative estimate of drug-likeness (QED) is 0.658. The smallest absolute Gasteiger partial charge is 0.119 e. The minimum atomic E-state index is -0.243. The first-order valence-electron chi connectivity index (χ1n) is 3.60. The summed E-state index contributed by atoms with van der Waals surface area (Å²) in [5.74, 6) is 0.700. The average Bonchev–Trinajstić information content (AvgIpc) is 2.17. The Kier molecular flexibility index (Phi) is 2.82. The standard InChI is InChI=1S/C9H11NO2/c1-12-8-4-2-3-7(5-8)9(10)6-11/h2-5,10-11H,6H2,1H3. The molecule has 0 atom stereocenters. The van der Waals surface area contributed by atoms with E-state index in [2.05, 4.69) is 0 Å². The van der Waals surface area contributed by atoms with E-state index in [0.717, 1.165) is 0 Å². The molecule has 1 aromatic rings. The van der Waals surface area contributed by atoms with E-state index in [9.17, 15) is 0 Å². The lowest BCUT2D eigenvalue weighted by atomic mass is 10.1. The maximum Gasteiger partial charge on any atom is 0.119 e. The molecule has 1 aromatic carbocycles. The largest absolute Gasteiger partial charge is 0.497 e. The van der Waals surface area contributed by atoms with E-state index < -0.39 is 0 Å². The van der Waals surface area contributed by atoms with Crippen LogP contribution >= 0.6 is 0 Å². The molecule has 0 saturated heterocycles. The van der Waals surface area contributed by atoms with E-state index in [4.69, 9.17) is 15.3 Å². The van der Waals surface area contributed by atoms with Gasteiger partial charge >= 0.3 is 0 Å². The molecule has 0 radical (unpaired) electrons. The molecular weight excluding hydrogens is 154 g/mol. The normalized spacial score (nSPS) is 9.50. The maximum absolute atomic E-state index is 8.69. The maximum atomic E-state index is 8.69. The predicted octanol–water partition coefficient (Wildman–Crippen LogP) is 1.06. The van der Waals surface area contributed by atoms with Gasteiger partial charge in [-0.3, -0.25) is 0 Å². The third-order valence-corrected chi connectivity index (χ3v) is 1.58. The van der Waals surface area contributed by atoms with Crippen molar-refractivity contribution in [3.63, 3.8) is 0 Å². The van der Waals surface area contributed by atoms with Gasteiger partial charge in [0.25, 0.3) is 0 Å². The van der Waals surface area contributed by atoms with Gasteiger partial charge < -0.3 is 15.3 Å². The number of rotatable bonds is 3.